The third kappa shape index (κ3) is 2.03. The van der Waals surface area contributed by atoms with Crippen molar-refractivity contribution in [3.05, 3.63) is 35.1 Å². The number of amides is 1. The highest BCUT2D eigenvalue weighted by Gasteiger charge is 2.46. The zero-order valence-electron chi connectivity index (χ0n) is 10.6. The minimum Gasteiger partial charge on any atom is -0.480 e. The van der Waals surface area contributed by atoms with Crippen LogP contribution in [0, 0.1) is 17.5 Å². The van der Waals surface area contributed by atoms with Gasteiger partial charge < -0.3 is 10.0 Å². The summed E-state index contributed by atoms with van der Waals surface area (Å²) in [6.45, 7) is 1.47. The van der Waals surface area contributed by atoms with E-state index in [1.165, 1.54) is 6.92 Å². The molecule has 7 heteroatoms. The number of aliphatic carboxylic acids is 1. The van der Waals surface area contributed by atoms with Gasteiger partial charge >= 0.3 is 5.97 Å². The smallest absolute Gasteiger partial charge is 0.329 e. The summed E-state index contributed by atoms with van der Waals surface area (Å²) in [4.78, 5) is 24.4. The van der Waals surface area contributed by atoms with Gasteiger partial charge in [0.25, 0.3) is 5.91 Å². The summed E-state index contributed by atoms with van der Waals surface area (Å²) in [5.74, 6) is -6.92. The van der Waals surface area contributed by atoms with Crippen molar-refractivity contribution in [2.75, 3.05) is 6.54 Å². The fraction of sp³-hybridized carbons (Fsp3) is 0.385. The van der Waals surface area contributed by atoms with Crippen LogP contribution >= 0.6 is 0 Å². The van der Waals surface area contributed by atoms with Crippen molar-refractivity contribution >= 4 is 11.9 Å². The molecule has 0 radical (unpaired) electrons. The number of rotatable bonds is 2. The van der Waals surface area contributed by atoms with Gasteiger partial charge in [0.05, 0.1) is 5.56 Å². The fourth-order valence-electron chi connectivity index (χ4n) is 2.35. The third-order valence-electron chi connectivity index (χ3n) is 3.61. The summed E-state index contributed by atoms with van der Waals surface area (Å²) >= 11 is 0. The Morgan fingerprint density at radius 1 is 1.25 bits per heavy atom. The van der Waals surface area contributed by atoms with Gasteiger partial charge in [-0.3, -0.25) is 4.79 Å². The van der Waals surface area contributed by atoms with Crippen molar-refractivity contribution < 1.29 is 27.9 Å². The Balaban J connectivity index is 2.42. The van der Waals surface area contributed by atoms with Crippen molar-refractivity contribution in [3.8, 4) is 0 Å². The monoisotopic (exact) mass is 287 g/mol. The molecule has 2 rings (SSSR count). The third-order valence-corrected chi connectivity index (χ3v) is 3.61. The number of nitrogens with zero attached hydrogens (tertiary/aromatic N) is 1. The van der Waals surface area contributed by atoms with Crippen molar-refractivity contribution in [3.63, 3.8) is 0 Å². The van der Waals surface area contributed by atoms with Crippen LogP contribution in [0.2, 0.25) is 0 Å². The van der Waals surface area contributed by atoms with Gasteiger partial charge in [-0.05, 0) is 31.9 Å². The molecule has 1 saturated heterocycles. The Hall–Kier alpha value is -2.05. The molecule has 108 valence electrons. The van der Waals surface area contributed by atoms with Gasteiger partial charge in [0, 0.05) is 6.54 Å². The van der Waals surface area contributed by atoms with Crippen LogP contribution in [0.25, 0.3) is 0 Å². The van der Waals surface area contributed by atoms with Crippen LogP contribution in [0.15, 0.2) is 12.1 Å². The van der Waals surface area contributed by atoms with E-state index in [4.69, 9.17) is 0 Å². The topological polar surface area (TPSA) is 57.6 Å². The Morgan fingerprint density at radius 2 is 1.90 bits per heavy atom. The normalized spacial score (nSPS) is 22.1. The highest BCUT2D eigenvalue weighted by Crippen LogP contribution is 2.31. The molecular weight excluding hydrogens is 275 g/mol. The number of halogens is 3. The van der Waals surface area contributed by atoms with Crippen LogP contribution in [0.1, 0.15) is 30.1 Å². The van der Waals surface area contributed by atoms with Gasteiger partial charge in [0.1, 0.15) is 5.54 Å². The minimum atomic E-state index is -1.74. The predicted octanol–water partition coefficient (Wildman–Crippen LogP) is 2.18. The predicted molar refractivity (Wildman–Crippen MR) is 62.6 cm³/mol. The van der Waals surface area contributed by atoms with Crippen molar-refractivity contribution in [2.45, 2.75) is 25.3 Å². The molecule has 0 aliphatic carbocycles. The first-order valence-corrected chi connectivity index (χ1v) is 5.98. The van der Waals surface area contributed by atoms with Crippen molar-refractivity contribution in [1.29, 1.82) is 0 Å². The Morgan fingerprint density at radius 3 is 2.50 bits per heavy atom. The van der Waals surface area contributed by atoms with Gasteiger partial charge in [-0.1, -0.05) is 0 Å². The Labute approximate surface area is 112 Å². The number of hydrogen-bond donors (Lipinski definition) is 1. The molecule has 0 saturated carbocycles. The zero-order valence-corrected chi connectivity index (χ0v) is 10.6. The molecule has 1 aliphatic rings. The summed E-state index contributed by atoms with van der Waals surface area (Å²) in [5.41, 5.74) is -2.13. The van der Waals surface area contributed by atoms with Gasteiger partial charge in [0.2, 0.25) is 0 Å². The first-order chi connectivity index (χ1) is 9.29. The standard InChI is InChI=1S/C13H12F3NO3/c1-13(12(19)20)5-2-6-17(13)11(18)7-3-4-8(14)10(16)9(7)15/h3-4H,2,5-6H2,1H3,(H,19,20). The molecule has 4 nitrogen and oxygen atoms in total. The molecule has 1 atom stereocenters. The SMILES string of the molecule is CC1(C(=O)O)CCCN1C(=O)c1ccc(F)c(F)c1F. The number of carboxylic acids is 1. The second kappa shape index (κ2) is 4.81. The molecule has 1 aliphatic heterocycles. The molecule has 1 fully saturated rings. The lowest BCUT2D eigenvalue weighted by molar-refractivity contribution is -0.147. The van der Waals surface area contributed by atoms with Gasteiger partial charge in [-0.15, -0.1) is 0 Å². The number of likely N-dealkylation sites (tertiary alicyclic amines) is 1. The molecule has 0 bridgehead atoms. The van der Waals surface area contributed by atoms with E-state index in [-0.39, 0.29) is 13.0 Å². The second-order valence-electron chi connectivity index (χ2n) is 4.86. The molecule has 1 N–H and O–H groups in total. The number of carbonyl (C=O) groups is 2. The number of benzene rings is 1. The lowest BCUT2D eigenvalue weighted by Crippen LogP contribution is -2.51. The van der Waals surface area contributed by atoms with Crippen molar-refractivity contribution in [2.24, 2.45) is 0 Å². The van der Waals surface area contributed by atoms with E-state index in [1.54, 1.807) is 0 Å². The van der Waals surface area contributed by atoms with Crippen LogP contribution in [-0.4, -0.2) is 34.0 Å². The number of carbonyl (C=O) groups excluding carboxylic acids is 1. The molecule has 1 heterocycles. The molecule has 1 aromatic rings. The number of carboxylic acid groups (broad SMARTS) is 1. The Bertz CT molecular complexity index is 590. The highest BCUT2D eigenvalue weighted by atomic mass is 19.2. The van der Waals surface area contributed by atoms with Crippen LogP contribution in [0.3, 0.4) is 0 Å². The van der Waals surface area contributed by atoms with E-state index in [1.807, 2.05) is 0 Å². The summed E-state index contributed by atoms with van der Waals surface area (Å²) in [6, 6.07) is 1.45. The van der Waals surface area contributed by atoms with E-state index in [9.17, 15) is 27.9 Å². The van der Waals surface area contributed by atoms with Gasteiger partial charge in [-0.25, -0.2) is 18.0 Å². The molecule has 1 aromatic carbocycles. The van der Waals surface area contributed by atoms with Crippen LogP contribution in [0.5, 0.6) is 0 Å². The van der Waals surface area contributed by atoms with Crippen LogP contribution < -0.4 is 0 Å². The second-order valence-corrected chi connectivity index (χ2v) is 4.86. The largest absolute Gasteiger partial charge is 0.480 e. The van der Waals surface area contributed by atoms with E-state index in [2.05, 4.69) is 0 Å². The Kier molecular flexibility index (Phi) is 3.45. The van der Waals surface area contributed by atoms with E-state index in [0.29, 0.717) is 12.5 Å². The van der Waals surface area contributed by atoms with Crippen molar-refractivity contribution in [1.82, 2.24) is 4.90 Å². The first-order valence-electron chi connectivity index (χ1n) is 5.98. The molecule has 0 aromatic heterocycles. The lowest BCUT2D eigenvalue weighted by atomic mass is 9.98. The molecule has 0 spiro atoms. The quantitative estimate of drug-likeness (QED) is 0.848. The summed E-state index contributed by atoms with van der Waals surface area (Å²) < 4.78 is 39.6. The van der Waals surface area contributed by atoms with E-state index >= 15 is 0 Å². The molecule has 1 amide bonds. The van der Waals surface area contributed by atoms with Crippen LogP contribution in [-0.2, 0) is 4.79 Å². The molecular formula is C13H12F3NO3. The first kappa shape index (κ1) is 14.4. The average Bonchev–Trinajstić information content (AvgIpc) is 2.79. The maximum atomic E-state index is 13.6. The molecule has 1 unspecified atom stereocenters. The van der Waals surface area contributed by atoms with E-state index in [0.717, 1.165) is 11.0 Å². The zero-order chi connectivity index (χ0) is 15.1. The van der Waals surface area contributed by atoms with Gasteiger partial charge in [0.15, 0.2) is 17.5 Å². The highest BCUT2D eigenvalue weighted by molar-refractivity contribution is 5.98. The lowest BCUT2D eigenvalue weighted by Gasteiger charge is -2.31. The fourth-order valence-corrected chi connectivity index (χ4v) is 2.35. The summed E-state index contributed by atoms with van der Waals surface area (Å²) in [5, 5.41) is 9.19. The number of hydrogen-bond acceptors (Lipinski definition) is 2. The summed E-state index contributed by atoms with van der Waals surface area (Å²) in [7, 11) is 0. The summed E-state index contributed by atoms with van der Waals surface area (Å²) in [6.07, 6.45) is 0.666. The maximum Gasteiger partial charge on any atom is 0.329 e. The average molecular weight is 287 g/mol. The van der Waals surface area contributed by atoms with E-state index < -0.39 is 40.4 Å². The van der Waals surface area contributed by atoms with Crippen LogP contribution in [0.4, 0.5) is 13.2 Å². The minimum absolute atomic E-state index is 0.125. The molecule has 20 heavy (non-hydrogen) atoms. The maximum absolute atomic E-state index is 13.6. The van der Waals surface area contributed by atoms with Gasteiger partial charge in [-0.2, -0.15) is 0 Å².